The van der Waals surface area contributed by atoms with Crippen LogP contribution in [0, 0.1) is 13.8 Å². The van der Waals surface area contributed by atoms with E-state index in [0.29, 0.717) is 34.0 Å². The summed E-state index contributed by atoms with van der Waals surface area (Å²) < 4.78 is 16.4. The third-order valence-electron chi connectivity index (χ3n) is 5.39. The van der Waals surface area contributed by atoms with Crippen molar-refractivity contribution in [3.05, 3.63) is 82.2 Å². The average molecular weight is 433 g/mol. The highest BCUT2D eigenvalue weighted by molar-refractivity contribution is 6.09. The maximum Gasteiger partial charge on any atom is 0.340 e. The zero-order valence-electron chi connectivity index (χ0n) is 18.1. The number of rotatable bonds is 6. The van der Waals surface area contributed by atoms with Crippen LogP contribution >= 0.6 is 0 Å². The number of nitrogens with one attached hydrogen (secondary N) is 1. The number of ketones is 1. The van der Waals surface area contributed by atoms with Crippen LogP contribution in [0.3, 0.4) is 0 Å². The molecule has 1 N–H and O–H groups in total. The maximum atomic E-state index is 13.1. The van der Waals surface area contributed by atoms with Crippen LogP contribution in [0.25, 0.3) is 0 Å². The number of hydrogen-bond donors (Lipinski definition) is 1. The summed E-state index contributed by atoms with van der Waals surface area (Å²) in [6.45, 7) is 4.77. The van der Waals surface area contributed by atoms with Gasteiger partial charge in [0.25, 0.3) is 0 Å². The topological polar surface area (TPSA) is 94.7 Å². The van der Waals surface area contributed by atoms with Crippen LogP contribution in [-0.4, -0.2) is 35.9 Å². The van der Waals surface area contributed by atoms with E-state index in [2.05, 4.69) is 4.98 Å². The number of hydrogen-bond acceptors (Lipinski definition) is 6. The molecule has 0 radical (unpaired) electrons. The van der Waals surface area contributed by atoms with E-state index < -0.39 is 30.2 Å². The first kappa shape index (κ1) is 21.4. The summed E-state index contributed by atoms with van der Waals surface area (Å²) in [6.07, 6.45) is 0. The Balaban J connectivity index is 1.58. The Morgan fingerprint density at radius 3 is 2.03 bits per heavy atom. The largest absolute Gasteiger partial charge is 0.462 e. The molecule has 0 spiro atoms. The summed E-state index contributed by atoms with van der Waals surface area (Å²) in [4.78, 5) is 41.4. The quantitative estimate of drug-likeness (QED) is 0.455. The number of carbonyl (C=O) groups is 3. The molecule has 7 nitrogen and oxygen atoms in total. The number of fused-ring (bicyclic) bond motifs is 2. The molecule has 1 aromatic heterocycles. The fourth-order valence-electron chi connectivity index (χ4n) is 4.04. The van der Waals surface area contributed by atoms with Crippen molar-refractivity contribution >= 4 is 17.7 Å². The van der Waals surface area contributed by atoms with Crippen LogP contribution in [0.4, 0.5) is 0 Å². The van der Waals surface area contributed by atoms with Gasteiger partial charge in [-0.15, -0.1) is 0 Å². The molecule has 0 amide bonds. The number of carbonyl (C=O) groups excluding carboxylic acids is 3. The molecule has 0 saturated carbocycles. The molecule has 0 bridgehead atoms. The van der Waals surface area contributed by atoms with Gasteiger partial charge < -0.3 is 19.2 Å². The van der Waals surface area contributed by atoms with Crippen molar-refractivity contribution in [1.29, 1.82) is 0 Å². The standard InChI is InChI=1S/C25H23NO6/c1-4-30-24(28)22-15(3)26-14(2)21(22)18(27)13-31-25(29)23-16-9-5-7-11-19(16)32-20-12-8-6-10-17(20)23/h5-12,23,26H,4,13H2,1-3H3. The van der Waals surface area contributed by atoms with Crippen LogP contribution in [0.2, 0.25) is 0 Å². The minimum atomic E-state index is -0.720. The normalized spacial score (nSPS) is 12.3. The number of esters is 2. The molecule has 0 unspecified atom stereocenters. The summed E-state index contributed by atoms with van der Waals surface area (Å²) in [5, 5.41) is 0. The Morgan fingerprint density at radius 2 is 1.44 bits per heavy atom. The number of ether oxygens (including phenoxy) is 3. The molecule has 32 heavy (non-hydrogen) atoms. The third-order valence-corrected chi connectivity index (χ3v) is 5.39. The van der Waals surface area contributed by atoms with Gasteiger partial charge in [-0.3, -0.25) is 9.59 Å². The van der Waals surface area contributed by atoms with Gasteiger partial charge in [-0.05, 0) is 32.9 Å². The maximum absolute atomic E-state index is 13.1. The van der Waals surface area contributed by atoms with Crippen LogP contribution in [0.1, 0.15) is 56.1 Å². The zero-order valence-corrected chi connectivity index (χ0v) is 18.1. The van der Waals surface area contributed by atoms with Crippen molar-refractivity contribution in [2.75, 3.05) is 13.2 Å². The van der Waals surface area contributed by atoms with E-state index >= 15 is 0 Å². The van der Waals surface area contributed by atoms with Crippen molar-refractivity contribution in [1.82, 2.24) is 4.98 Å². The molecule has 1 aliphatic heterocycles. The van der Waals surface area contributed by atoms with Crippen LogP contribution in [-0.2, 0) is 14.3 Å². The van der Waals surface area contributed by atoms with Gasteiger partial charge in [0.1, 0.15) is 17.4 Å². The van der Waals surface area contributed by atoms with Gasteiger partial charge in [-0.25, -0.2) is 4.79 Å². The average Bonchev–Trinajstić information content (AvgIpc) is 3.09. The predicted molar refractivity (Wildman–Crippen MR) is 116 cm³/mol. The summed E-state index contributed by atoms with van der Waals surface area (Å²) in [5.74, 6) is -1.21. The second kappa shape index (κ2) is 8.70. The van der Waals surface area contributed by atoms with E-state index in [0.717, 1.165) is 0 Å². The van der Waals surface area contributed by atoms with Gasteiger partial charge in [-0.1, -0.05) is 36.4 Å². The lowest BCUT2D eigenvalue weighted by Crippen LogP contribution is -2.24. The zero-order chi connectivity index (χ0) is 22.8. The van der Waals surface area contributed by atoms with Crippen LogP contribution < -0.4 is 4.74 Å². The van der Waals surface area contributed by atoms with Gasteiger partial charge in [-0.2, -0.15) is 0 Å². The van der Waals surface area contributed by atoms with E-state index in [1.807, 2.05) is 24.3 Å². The Labute approximate surface area is 185 Å². The lowest BCUT2D eigenvalue weighted by Gasteiger charge is -2.26. The van der Waals surface area contributed by atoms with Crippen molar-refractivity contribution in [2.24, 2.45) is 0 Å². The number of para-hydroxylation sites is 2. The number of H-pyrrole nitrogens is 1. The molecule has 0 fully saturated rings. The van der Waals surface area contributed by atoms with Crippen LogP contribution in [0.5, 0.6) is 11.5 Å². The lowest BCUT2D eigenvalue weighted by atomic mass is 9.88. The molecule has 7 heteroatoms. The SMILES string of the molecule is CCOC(=O)c1c(C)[nH]c(C)c1C(=O)COC(=O)C1c2ccccc2Oc2ccccc21. The van der Waals surface area contributed by atoms with Crippen molar-refractivity contribution in [2.45, 2.75) is 26.7 Å². The van der Waals surface area contributed by atoms with E-state index in [1.54, 1.807) is 45.0 Å². The Hall–Kier alpha value is -3.87. The molecule has 0 aliphatic carbocycles. The highest BCUT2D eigenvalue weighted by Gasteiger charge is 2.34. The first-order chi connectivity index (χ1) is 15.4. The van der Waals surface area contributed by atoms with Gasteiger partial charge in [0, 0.05) is 22.5 Å². The minimum absolute atomic E-state index is 0.173. The molecule has 0 saturated heterocycles. The van der Waals surface area contributed by atoms with E-state index in [9.17, 15) is 14.4 Å². The van der Waals surface area contributed by atoms with Crippen molar-refractivity contribution in [3.63, 3.8) is 0 Å². The predicted octanol–water partition coefficient (Wildman–Crippen LogP) is 4.47. The summed E-state index contributed by atoms with van der Waals surface area (Å²) in [7, 11) is 0. The summed E-state index contributed by atoms with van der Waals surface area (Å²) >= 11 is 0. The van der Waals surface area contributed by atoms with Gasteiger partial charge in [0.2, 0.25) is 5.78 Å². The number of aromatic nitrogens is 1. The minimum Gasteiger partial charge on any atom is -0.462 e. The second-order valence-corrected chi connectivity index (χ2v) is 7.49. The van der Waals surface area contributed by atoms with Crippen LogP contribution in [0.15, 0.2) is 48.5 Å². The molecule has 2 aromatic carbocycles. The summed E-state index contributed by atoms with van der Waals surface area (Å²) in [5.41, 5.74) is 2.75. The Kier molecular flexibility index (Phi) is 5.81. The van der Waals surface area contributed by atoms with Crippen molar-refractivity contribution in [3.8, 4) is 11.5 Å². The van der Waals surface area contributed by atoms with Gasteiger partial charge in [0.15, 0.2) is 6.61 Å². The second-order valence-electron chi connectivity index (χ2n) is 7.49. The van der Waals surface area contributed by atoms with Crippen molar-refractivity contribution < 1.29 is 28.6 Å². The molecule has 2 heterocycles. The summed E-state index contributed by atoms with van der Waals surface area (Å²) in [6, 6.07) is 14.5. The monoisotopic (exact) mass is 433 g/mol. The molecule has 164 valence electrons. The first-order valence-electron chi connectivity index (χ1n) is 10.3. The molecule has 4 rings (SSSR count). The fraction of sp³-hybridized carbons (Fsp3) is 0.240. The Morgan fingerprint density at radius 1 is 0.875 bits per heavy atom. The smallest absolute Gasteiger partial charge is 0.340 e. The Bertz CT molecular complexity index is 1160. The first-order valence-corrected chi connectivity index (χ1v) is 10.3. The molecule has 1 aliphatic rings. The lowest BCUT2D eigenvalue weighted by molar-refractivity contribution is -0.143. The van der Waals surface area contributed by atoms with Gasteiger partial charge in [0.05, 0.1) is 17.7 Å². The number of benzene rings is 2. The number of aromatic amines is 1. The van der Waals surface area contributed by atoms with E-state index in [4.69, 9.17) is 14.2 Å². The molecular formula is C25H23NO6. The van der Waals surface area contributed by atoms with E-state index in [-0.39, 0.29) is 17.7 Å². The third kappa shape index (κ3) is 3.77. The molecule has 0 atom stereocenters. The highest BCUT2D eigenvalue weighted by Crippen LogP contribution is 2.44. The number of aryl methyl sites for hydroxylation is 2. The fourth-order valence-corrected chi connectivity index (χ4v) is 4.04. The highest BCUT2D eigenvalue weighted by atomic mass is 16.5. The number of Topliss-reactive ketones (excluding diaryl/α,β-unsaturated/α-hetero) is 1. The molecule has 3 aromatic rings. The molecular weight excluding hydrogens is 410 g/mol. The van der Waals surface area contributed by atoms with Gasteiger partial charge >= 0.3 is 11.9 Å². The van der Waals surface area contributed by atoms with E-state index in [1.165, 1.54) is 0 Å².